The molecule has 0 saturated heterocycles. The van der Waals surface area contributed by atoms with Gasteiger partial charge >= 0.3 is 0 Å². The summed E-state index contributed by atoms with van der Waals surface area (Å²) in [5, 5.41) is 0. The topological polar surface area (TPSA) is 25.8 Å². The minimum Gasteiger partial charge on any atom is -0.258 e. The van der Waals surface area contributed by atoms with Gasteiger partial charge in [-0.25, -0.2) is 0 Å². The van der Waals surface area contributed by atoms with Crippen molar-refractivity contribution in [3.8, 4) is 0 Å². The molecule has 1 aromatic rings. The van der Waals surface area contributed by atoms with E-state index < -0.39 is 0 Å². The molecule has 0 bridgehead atoms. The van der Waals surface area contributed by atoms with Crippen LogP contribution < -0.4 is 0 Å². The minimum atomic E-state index is 0.704. The second-order valence-corrected chi connectivity index (χ2v) is 5.15. The summed E-state index contributed by atoms with van der Waals surface area (Å²) < 4.78 is 0. The highest BCUT2D eigenvalue weighted by atomic mass is 14.8. The lowest BCUT2D eigenvalue weighted by atomic mass is 10.0. The Morgan fingerprint density at radius 3 is 2.19 bits per heavy atom. The van der Waals surface area contributed by atoms with Crippen molar-refractivity contribution in [2.45, 2.75) is 53.4 Å². The summed E-state index contributed by atoms with van der Waals surface area (Å²) in [4.78, 5) is 8.96. The van der Waals surface area contributed by atoms with Gasteiger partial charge in [0.1, 0.15) is 0 Å². The van der Waals surface area contributed by atoms with Crippen LogP contribution >= 0.6 is 0 Å². The number of aryl methyl sites for hydroxylation is 1. The number of nitrogens with zero attached hydrogens (tertiary/aromatic N) is 2. The normalized spacial score (nSPS) is 13.1. The molecule has 0 spiro atoms. The fourth-order valence-electron chi connectivity index (χ4n) is 1.55. The molecule has 0 amide bonds. The largest absolute Gasteiger partial charge is 0.258 e. The zero-order chi connectivity index (χ0) is 12.0. The van der Waals surface area contributed by atoms with Gasteiger partial charge in [-0.15, -0.1) is 0 Å². The van der Waals surface area contributed by atoms with Gasteiger partial charge in [-0.3, -0.25) is 9.97 Å². The third-order valence-corrected chi connectivity index (χ3v) is 2.99. The first kappa shape index (κ1) is 13.1. The molecule has 0 saturated carbocycles. The van der Waals surface area contributed by atoms with Crippen LogP contribution in [0.2, 0.25) is 0 Å². The quantitative estimate of drug-likeness (QED) is 0.731. The first-order chi connectivity index (χ1) is 7.61. The highest BCUT2D eigenvalue weighted by molar-refractivity contribution is 5.03. The zero-order valence-electron chi connectivity index (χ0n) is 11.0. The van der Waals surface area contributed by atoms with Gasteiger partial charge in [0.15, 0.2) is 0 Å². The lowest BCUT2D eigenvalue weighted by molar-refractivity contribution is 0.549. The van der Waals surface area contributed by atoms with Crippen molar-refractivity contribution in [1.29, 1.82) is 0 Å². The molecule has 16 heavy (non-hydrogen) atoms. The van der Waals surface area contributed by atoms with Crippen molar-refractivity contribution in [2.24, 2.45) is 11.8 Å². The van der Waals surface area contributed by atoms with Gasteiger partial charge in [-0.2, -0.15) is 0 Å². The Morgan fingerprint density at radius 1 is 1.06 bits per heavy atom. The molecular weight excluding hydrogens is 196 g/mol. The number of hydrogen-bond donors (Lipinski definition) is 0. The Bertz CT molecular complexity index is 290. The molecule has 0 aliphatic rings. The first-order valence-corrected chi connectivity index (χ1v) is 6.41. The molecule has 2 heteroatoms. The molecule has 1 aromatic heterocycles. The van der Waals surface area contributed by atoms with Crippen LogP contribution in [-0.4, -0.2) is 9.97 Å². The summed E-state index contributed by atoms with van der Waals surface area (Å²) in [7, 11) is 0. The molecule has 1 atom stereocenters. The third-order valence-electron chi connectivity index (χ3n) is 2.99. The maximum Gasteiger partial charge on any atom is 0.0589 e. The number of hydrogen-bond acceptors (Lipinski definition) is 2. The SMILES string of the molecule is CCC(C)Cc1cnc(CCC(C)C)cn1. The molecule has 0 N–H and O–H groups in total. The second-order valence-electron chi connectivity index (χ2n) is 5.15. The highest BCUT2D eigenvalue weighted by Crippen LogP contribution is 2.10. The lowest BCUT2D eigenvalue weighted by Gasteiger charge is -2.08. The number of rotatable bonds is 6. The van der Waals surface area contributed by atoms with Crippen molar-refractivity contribution < 1.29 is 0 Å². The van der Waals surface area contributed by atoms with E-state index >= 15 is 0 Å². The lowest BCUT2D eigenvalue weighted by Crippen LogP contribution is -2.03. The Morgan fingerprint density at radius 2 is 1.69 bits per heavy atom. The Kier molecular flexibility index (Phi) is 5.44. The summed E-state index contributed by atoms with van der Waals surface area (Å²) in [6, 6.07) is 0. The molecule has 0 fully saturated rings. The molecule has 0 aliphatic heterocycles. The highest BCUT2D eigenvalue weighted by Gasteiger charge is 2.03. The van der Waals surface area contributed by atoms with E-state index in [-0.39, 0.29) is 0 Å². The van der Waals surface area contributed by atoms with Crippen LogP contribution in [0, 0.1) is 11.8 Å². The molecule has 0 aliphatic carbocycles. The Labute approximate surface area is 99.5 Å². The predicted molar refractivity (Wildman–Crippen MR) is 68.4 cm³/mol. The van der Waals surface area contributed by atoms with E-state index in [1.807, 2.05) is 12.4 Å². The molecule has 1 rings (SSSR count). The van der Waals surface area contributed by atoms with Gasteiger partial charge in [-0.05, 0) is 31.1 Å². The summed E-state index contributed by atoms with van der Waals surface area (Å²) in [5.74, 6) is 1.44. The van der Waals surface area contributed by atoms with E-state index in [0.717, 1.165) is 30.1 Å². The standard InChI is InChI=1S/C14H24N2/c1-5-12(4)8-14-10-15-13(9-16-14)7-6-11(2)3/h9-12H,5-8H2,1-4H3. The van der Waals surface area contributed by atoms with Crippen LogP contribution in [0.15, 0.2) is 12.4 Å². The average molecular weight is 220 g/mol. The Hall–Kier alpha value is -0.920. The van der Waals surface area contributed by atoms with Crippen LogP contribution in [-0.2, 0) is 12.8 Å². The van der Waals surface area contributed by atoms with E-state index in [1.54, 1.807) is 0 Å². The molecule has 90 valence electrons. The molecule has 1 unspecified atom stereocenters. The van der Waals surface area contributed by atoms with E-state index in [2.05, 4.69) is 37.7 Å². The maximum absolute atomic E-state index is 4.48. The first-order valence-electron chi connectivity index (χ1n) is 6.41. The van der Waals surface area contributed by atoms with Crippen LogP contribution in [0.5, 0.6) is 0 Å². The maximum atomic E-state index is 4.48. The van der Waals surface area contributed by atoms with Gasteiger partial charge in [0.25, 0.3) is 0 Å². The van der Waals surface area contributed by atoms with E-state index in [1.165, 1.54) is 12.8 Å². The molecule has 0 radical (unpaired) electrons. The van der Waals surface area contributed by atoms with E-state index in [0.29, 0.717) is 5.92 Å². The second kappa shape index (κ2) is 6.62. The van der Waals surface area contributed by atoms with Gasteiger partial charge in [0.05, 0.1) is 11.4 Å². The van der Waals surface area contributed by atoms with Crippen molar-refractivity contribution >= 4 is 0 Å². The van der Waals surface area contributed by atoms with Crippen molar-refractivity contribution in [2.75, 3.05) is 0 Å². The molecule has 2 nitrogen and oxygen atoms in total. The molecular formula is C14H24N2. The third kappa shape index (κ3) is 4.73. The van der Waals surface area contributed by atoms with Crippen LogP contribution in [0.3, 0.4) is 0 Å². The van der Waals surface area contributed by atoms with Gasteiger partial charge < -0.3 is 0 Å². The minimum absolute atomic E-state index is 0.704. The van der Waals surface area contributed by atoms with Crippen LogP contribution in [0.4, 0.5) is 0 Å². The monoisotopic (exact) mass is 220 g/mol. The van der Waals surface area contributed by atoms with Crippen molar-refractivity contribution in [3.63, 3.8) is 0 Å². The van der Waals surface area contributed by atoms with Gasteiger partial charge in [-0.1, -0.05) is 34.1 Å². The van der Waals surface area contributed by atoms with Crippen LogP contribution in [0.25, 0.3) is 0 Å². The molecule has 1 heterocycles. The van der Waals surface area contributed by atoms with Crippen molar-refractivity contribution in [3.05, 3.63) is 23.8 Å². The fraction of sp³-hybridized carbons (Fsp3) is 0.714. The zero-order valence-corrected chi connectivity index (χ0v) is 11.0. The van der Waals surface area contributed by atoms with Gasteiger partial charge in [0, 0.05) is 12.4 Å². The smallest absolute Gasteiger partial charge is 0.0589 e. The number of aromatic nitrogens is 2. The predicted octanol–water partition coefficient (Wildman–Crippen LogP) is 3.65. The van der Waals surface area contributed by atoms with Crippen LogP contribution in [0.1, 0.15) is 51.9 Å². The average Bonchev–Trinajstić information content (AvgIpc) is 2.28. The Balaban J connectivity index is 2.47. The summed E-state index contributed by atoms with van der Waals surface area (Å²) >= 11 is 0. The summed E-state index contributed by atoms with van der Waals surface area (Å²) in [5.41, 5.74) is 2.25. The van der Waals surface area contributed by atoms with E-state index in [4.69, 9.17) is 0 Å². The summed E-state index contributed by atoms with van der Waals surface area (Å²) in [6.45, 7) is 8.96. The van der Waals surface area contributed by atoms with Crippen molar-refractivity contribution in [1.82, 2.24) is 9.97 Å². The fourth-order valence-corrected chi connectivity index (χ4v) is 1.55. The molecule has 0 aromatic carbocycles. The van der Waals surface area contributed by atoms with Gasteiger partial charge in [0.2, 0.25) is 0 Å². The summed E-state index contributed by atoms with van der Waals surface area (Å²) in [6.07, 6.45) is 8.39. The van der Waals surface area contributed by atoms with E-state index in [9.17, 15) is 0 Å².